The summed E-state index contributed by atoms with van der Waals surface area (Å²) in [7, 11) is 1.79. The monoisotopic (exact) mass is 511 g/mol. The lowest BCUT2D eigenvalue weighted by molar-refractivity contribution is 0.0468. The molecule has 1 aliphatic rings. The summed E-state index contributed by atoms with van der Waals surface area (Å²) in [6.07, 6.45) is 12.2. The molecule has 6 nitrogen and oxygen atoms in total. The third-order valence-electron chi connectivity index (χ3n) is 5.11. The Hall–Kier alpha value is -1.61. The first-order valence-electron chi connectivity index (χ1n) is 10.4. The van der Waals surface area contributed by atoms with E-state index in [1.165, 1.54) is 44.1 Å². The Morgan fingerprint density at radius 3 is 2.59 bits per heavy atom. The molecule has 0 saturated heterocycles. The number of ether oxygens (including phenoxy) is 1. The maximum absolute atomic E-state index is 6.02. The zero-order valence-corrected chi connectivity index (χ0v) is 19.7. The molecule has 7 heteroatoms. The maximum Gasteiger partial charge on any atom is 0.191 e. The molecule has 0 atom stereocenters. The van der Waals surface area contributed by atoms with Gasteiger partial charge in [0.2, 0.25) is 0 Å². The van der Waals surface area contributed by atoms with Gasteiger partial charge in [0.15, 0.2) is 5.96 Å². The van der Waals surface area contributed by atoms with E-state index in [2.05, 4.69) is 51.2 Å². The number of aliphatic imine (C=N–C) groups is 1. The molecule has 2 N–H and O–H groups in total. The largest absolute Gasteiger partial charge is 0.376 e. The predicted octanol–water partition coefficient (Wildman–Crippen LogP) is 3.95. The molecule has 1 aliphatic carbocycles. The van der Waals surface area contributed by atoms with E-state index in [9.17, 15) is 0 Å². The third kappa shape index (κ3) is 8.74. The highest BCUT2D eigenvalue weighted by atomic mass is 127. The summed E-state index contributed by atoms with van der Waals surface area (Å²) >= 11 is 0. The molecule has 3 rings (SSSR count). The van der Waals surface area contributed by atoms with Crippen LogP contribution in [0.1, 0.15) is 49.7 Å². The Labute approximate surface area is 191 Å². The van der Waals surface area contributed by atoms with Crippen molar-refractivity contribution in [2.45, 2.75) is 57.7 Å². The van der Waals surface area contributed by atoms with Crippen LogP contribution in [0.5, 0.6) is 0 Å². The summed E-state index contributed by atoms with van der Waals surface area (Å²) in [6, 6.07) is 10.4. The lowest BCUT2D eigenvalue weighted by Gasteiger charge is -2.16. The molecule has 1 aromatic heterocycles. The number of rotatable bonds is 8. The topological polar surface area (TPSA) is 63.5 Å². The summed E-state index contributed by atoms with van der Waals surface area (Å²) in [5.74, 6) is 0.792. The van der Waals surface area contributed by atoms with Crippen LogP contribution in [0.25, 0.3) is 0 Å². The van der Waals surface area contributed by atoms with E-state index in [1.807, 2.05) is 16.9 Å². The van der Waals surface area contributed by atoms with E-state index in [4.69, 9.17) is 4.74 Å². The molecule has 1 saturated carbocycles. The highest BCUT2D eigenvalue weighted by molar-refractivity contribution is 14.0. The second-order valence-electron chi connectivity index (χ2n) is 7.37. The van der Waals surface area contributed by atoms with E-state index in [-0.39, 0.29) is 24.0 Å². The van der Waals surface area contributed by atoms with Gasteiger partial charge in [-0.05, 0) is 18.4 Å². The van der Waals surface area contributed by atoms with E-state index in [0.29, 0.717) is 12.6 Å². The number of guanidine groups is 1. The van der Waals surface area contributed by atoms with Crippen LogP contribution in [-0.4, -0.2) is 42.0 Å². The molecule has 0 bridgehead atoms. The minimum absolute atomic E-state index is 0. The van der Waals surface area contributed by atoms with E-state index in [1.54, 1.807) is 7.05 Å². The Morgan fingerprint density at radius 1 is 1.10 bits per heavy atom. The molecular weight excluding hydrogens is 477 g/mol. The number of nitrogens with zero attached hydrogens (tertiary/aromatic N) is 3. The van der Waals surface area contributed by atoms with Crippen molar-refractivity contribution in [1.29, 1.82) is 0 Å². The van der Waals surface area contributed by atoms with Gasteiger partial charge in [-0.15, -0.1) is 24.0 Å². The van der Waals surface area contributed by atoms with Crippen molar-refractivity contribution < 1.29 is 4.74 Å². The molecule has 2 aromatic rings. The van der Waals surface area contributed by atoms with E-state index in [0.717, 1.165) is 31.2 Å². The van der Waals surface area contributed by atoms with Crippen molar-refractivity contribution in [1.82, 2.24) is 20.4 Å². The van der Waals surface area contributed by atoms with Crippen LogP contribution in [0.15, 0.2) is 47.7 Å². The lowest BCUT2D eigenvalue weighted by Crippen LogP contribution is -2.38. The quantitative estimate of drug-likeness (QED) is 0.185. The molecule has 1 heterocycles. The van der Waals surface area contributed by atoms with Crippen molar-refractivity contribution in [3.8, 4) is 0 Å². The second kappa shape index (κ2) is 13.6. The first-order valence-corrected chi connectivity index (χ1v) is 10.4. The van der Waals surface area contributed by atoms with Crippen molar-refractivity contribution in [3.63, 3.8) is 0 Å². The fraction of sp³-hybridized carbons (Fsp3) is 0.545. The van der Waals surface area contributed by atoms with Crippen LogP contribution < -0.4 is 10.6 Å². The summed E-state index contributed by atoms with van der Waals surface area (Å²) < 4.78 is 7.98. The van der Waals surface area contributed by atoms with E-state index >= 15 is 0 Å². The average Bonchev–Trinajstić information content (AvgIpc) is 3.00. The summed E-state index contributed by atoms with van der Waals surface area (Å²) in [5, 5.41) is 11.1. The van der Waals surface area contributed by atoms with Crippen LogP contribution in [0.3, 0.4) is 0 Å². The smallest absolute Gasteiger partial charge is 0.191 e. The van der Waals surface area contributed by atoms with Gasteiger partial charge in [-0.25, -0.2) is 0 Å². The summed E-state index contributed by atoms with van der Waals surface area (Å²) in [6.45, 7) is 2.97. The number of benzene rings is 1. The highest BCUT2D eigenvalue weighted by Crippen LogP contribution is 2.19. The van der Waals surface area contributed by atoms with Crippen LogP contribution in [-0.2, 0) is 17.8 Å². The van der Waals surface area contributed by atoms with Crippen LogP contribution in [0.4, 0.5) is 0 Å². The molecule has 160 valence electrons. The average molecular weight is 511 g/mol. The van der Waals surface area contributed by atoms with Gasteiger partial charge in [0.25, 0.3) is 0 Å². The highest BCUT2D eigenvalue weighted by Gasteiger charge is 2.12. The van der Waals surface area contributed by atoms with Gasteiger partial charge in [-0.3, -0.25) is 9.67 Å². The Morgan fingerprint density at radius 2 is 1.86 bits per heavy atom. The number of hydrogen-bond donors (Lipinski definition) is 2. The van der Waals surface area contributed by atoms with Gasteiger partial charge in [-0.2, -0.15) is 5.10 Å². The normalized spacial score (nSPS) is 15.4. The first kappa shape index (κ1) is 23.7. The molecule has 0 amide bonds. The van der Waals surface area contributed by atoms with Gasteiger partial charge in [0, 0.05) is 31.9 Å². The third-order valence-corrected chi connectivity index (χ3v) is 5.11. The molecule has 1 aromatic carbocycles. The maximum atomic E-state index is 6.02. The second-order valence-corrected chi connectivity index (χ2v) is 7.37. The van der Waals surface area contributed by atoms with Gasteiger partial charge >= 0.3 is 0 Å². The van der Waals surface area contributed by atoms with Crippen molar-refractivity contribution in [2.24, 2.45) is 4.99 Å². The van der Waals surface area contributed by atoms with Crippen LogP contribution in [0, 0.1) is 0 Å². The molecule has 0 radical (unpaired) electrons. The Balaban J connectivity index is 0.00000300. The zero-order chi connectivity index (χ0) is 19.4. The number of halogens is 1. The van der Waals surface area contributed by atoms with Crippen molar-refractivity contribution in [2.75, 3.05) is 20.2 Å². The van der Waals surface area contributed by atoms with Gasteiger partial charge in [-0.1, -0.05) is 56.0 Å². The minimum atomic E-state index is 0. The number of aromatic nitrogens is 2. The van der Waals surface area contributed by atoms with Gasteiger partial charge in [0.1, 0.15) is 0 Å². The van der Waals surface area contributed by atoms with Crippen molar-refractivity contribution in [3.05, 3.63) is 53.9 Å². The predicted molar refractivity (Wildman–Crippen MR) is 129 cm³/mol. The minimum Gasteiger partial charge on any atom is -0.376 e. The van der Waals surface area contributed by atoms with Gasteiger partial charge < -0.3 is 15.4 Å². The molecule has 0 unspecified atom stereocenters. The van der Waals surface area contributed by atoms with Crippen LogP contribution >= 0.6 is 24.0 Å². The van der Waals surface area contributed by atoms with E-state index < -0.39 is 0 Å². The summed E-state index contributed by atoms with van der Waals surface area (Å²) in [5.41, 5.74) is 2.38. The Kier molecular flexibility index (Phi) is 11.1. The molecular formula is C22H34IN5O. The van der Waals surface area contributed by atoms with Crippen molar-refractivity contribution >= 4 is 29.9 Å². The van der Waals surface area contributed by atoms with Gasteiger partial charge in [0.05, 0.1) is 25.5 Å². The fourth-order valence-corrected chi connectivity index (χ4v) is 3.56. The fourth-order valence-electron chi connectivity index (χ4n) is 3.56. The Bertz CT molecular complexity index is 711. The first-order chi connectivity index (χ1) is 13.8. The molecule has 29 heavy (non-hydrogen) atoms. The van der Waals surface area contributed by atoms with Crippen LogP contribution in [0.2, 0.25) is 0 Å². The SMILES string of the molecule is CN=C(NCCOC1CCCCCC1)NCc1cnn(Cc2ccccc2)c1.I. The lowest BCUT2D eigenvalue weighted by atomic mass is 10.1. The summed E-state index contributed by atoms with van der Waals surface area (Å²) in [4.78, 5) is 4.29. The number of hydrogen-bond acceptors (Lipinski definition) is 3. The molecule has 1 fully saturated rings. The molecule has 0 aliphatic heterocycles. The number of nitrogens with one attached hydrogen (secondary N) is 2. The standard InChI is InChI=1S/C22H33N5O.HI/c1-23-22(24-13-14-28-21-11-7-2-3-8-12-21)25-15-20-16-26-27(18-20)17-19-9-5-4-6-10-19;/h4-6,9-10,16,18,21H,2-3,7-8,11-15,17H2,1H3,(H2,23,24,25);1H. The zero-order valence-electron chi connectivity index (χ0n) is 17.3. The molecule has 0 spiro atoms.